The second-order valence-electron chi connectivity index (χ2n) is 6.70. The quantitative estimate of drug-likeness (QED) is 0.686. The Balaban J connectivity index is 1.82. The third kappa shape index (κ3) is 5.46. The van der Waals surface area contributed by atoms with Crippen LogP contribution in [0.15, 0.2) is 30.3 Å². The molecule has 1 fully saturated rings. The lowest BCUT2D eigenvalue weighted by molar-refractivity contribution is -0.892. The molecule has 0 radical (unpaired) electrons. The molecule has 1 aliphatic rings. The number of carbonyl (C=O) groups is 2. The summed E-state index contributed by atoms with van der Waals surface area (Å²) in [5.41, 5.74) is 1.23. The van der Waals surface area contributed by atoms with Crippen LogP contribution in [0.5, 0.6) is 0 Å². The smallest absolute Gasteiger partial charge is 0.328 e. The summed E-state index contributed by atoms with van der Waals surface area (Å²) in [6.45, 7) is 8.03. The highest BCUT2D eigenvalue weighted by Gasteiger charge is 2.29. The van der Waals surface area contributed by atoms with Crippen LogP contribution in [0, 0.1) is 5.92 Å². The van der Waals surface area contributed by atoms with Crippen LogP contribution in [0.4, 0.5) is 5.69 Å². The molecule has 1 aromatic carbocycles. The van der Waals surface area contributed by atoms with Gasteiger partial charge >= 0.3 is 5.97 Å². The molecular formula is C19H30N3O3+. The number of hydrogen-bond donors (Lipinski definition) is 2. The van der Waals surface area contributed by atoms with E-state index in [2.05, 4.69) is 22.3 Å². The van der Waals surface area contributed by atoms with Gasteiger partial charge in [0.25, 0.3) is 5.91 Å². The maximum Gasteiger partial charge on any atom is 0.328 e. The molecule has 0 unspecified atom stereocenters. The van der Waals surface area contributed by atoms with E-state index in [9.17, 15) is 9.59 Å². The lowest BCUT2D eigenvalue weighted by Crippen LogP contribution is -3.16. The van der Waals surface area contributed by atoms with Gasteiger partial charge in [-0.15, -0.1) is 0 Å². The van der Waals surface area contributed by atoms with Crippen LogP contribution in [0.25, 0.3) is 0 Å². The summed E-state index contributed by atoms with van der Waals surface area (Å²) in [6.07, 6.45) is 0.808. The van der Waals surface area contributed by atoms with Gasteiger partial charge in [-0.2, -0.15) is 0 Å². The van der Waals surface area contributed by atoms with E-state index in [1.54, 1.807) is 0 Å². The zero-order valence-electron chi connectivity index (χ0n) is 15.5. The average molecular weight is 348 g/mol. The molecular weight excluding hydrogens is 318 g/mol. The summed E-state index contributed by atoms with van der Waals surface area (Å²) < 4.78 is 4.82. The number of hydrogen-bond acceptors (Lipinski definition) is 4. The molecule has 1 heterocycles. The number of amides is 1. The minimum absolute atomic E-state index is 0.0568. The summed E-state index contributed by atoms with van der Waals surface area (Å²) in [5.74, 6) is -0.396. The minimum atomic E-state index is -0.562. The van der Waals surface area contributed by atoms with E-state index in [4.69, 9.17) is 4.74 Å². The van der Waals surface area contributed by atoms with Gasteiger partial charge in [0, 0.05) is 5.69 Å². The van der Waals surface area contributed by atoms with Gasteiger partial charge in [0.1, 0.15) is 6.04 Å². The molecule has 6 nitrogen and oxygen atoms in total. The Kier molecular flexibility index (Phi) is 7.25. The molecule has 2 rings (SSSR count). The normalized spacial score (nSPS) is 17.6. The van der Waals surface area contributed by atoms with Crippen molar-refractivity contribution < 1.29 is 19.2 Å². The summed E-state index contributed by atoms with van der Waals surface area (Å²) in [5, 5.41) is 2.86. The Morgan fingerprint density at radius 2 is 1.88 bits per heavy atom. The van der Waals surface area contributed by atoms with Crippen molar-refractivity contribution in [3.05, 3.63) is 30.3 Å². The van der Waals surface area contributed by atoms with Gasteiger partial charge in [0.15, 0.2) is 6.54 Å². The first-order valence-electron chi connectivity index (χ1n) is 9.05. The van der Waals surface area contributed by atoms with Crippen LogP contribution >= 0.6 is 0 Å². The van der Waals surface area contributed by atoms with Crippen LogP contribution in [0.2, 0.25) is 0 Å². The molecule has 25 heavy (non-hydrogen) atoms. The number of quaternary nitrogens is 1. The minimum Gasteiger partial charge on any atom is -0.467 e. The lowest BCUT2D eigenvalue weighted by Gasteiger charge is -2.33. The molecule has 1 saturated heterocycles. The van der Waals surface area contributed by atoms with Gasteiger partial charge in [-0.05, 0) is 18.1 Å². The predicted molar refractivity (Wildman–Crippen MR) is 97.6 cm³/mol. The number of anilines is 1. The Morgan fingerprint density at radius 3 is 2.44 bits per heavy atom. The fourth-order valence-corrected chi connectivity index (χ4v) is 3.14. The number of methoxy groups -OCH3 is 1. The molecule has 0 aromatic heterocycles. The second-order valence-corrected chi connectivity index (χ2v) is 6.70. The third-order valence-electron chi connectivity index (χ3n) is 4.99. The summed E-state index contributed by atoms with van der Waals surface area (Å²) in [6, 6.07) is 9.78. The number of para-hydroxylation sites is 1. The topological polar surface area (TPSA) is 63.1 Å². The number of carbonyl (C=O) groups excluding carboxylic acids is 2. The van der Waals surface area contributed by atoms with Crippen LogP contribution in [-0.4, -0.2) is 57.8 Å². The molecule has 1 aliphatic heterocycles. The van der Waals surface area contributed by atoms with E-state index in [1.807, 2.05) is 32.0 Å². The monoisotopic (exact) mass is 348 g/mol. The number of nitrogens with zero attached hydrogens (tertiary/aromatic N) is 1. The first kappa shape index (κ1) is 19.2. The maximum atomic E-state index is 12.4. The number of piperazine rings is 1. The Hall–Kier alpha value is -2.08. The fourth-order valence-electron chi connectivity index (χ4n) is 3.14. The lowest BCUT2D eigenvalue weighted by atomic mass is 9.99. The first-order chi connectivity index (χ1) is 12.0. The molecule has 6 heteroatoms. The average Bonchev–Trinajstić information content (AvgIpc) is 2.66. The molecule has 1 amide bonds. The Labute approximate surface area is 150 Å². The van der Waals surface area contributed by atoms with E-state index >= 15 is 0 Å². The van der Waals surface area contributed by atoms with Gasteiger partial charge in [0.05, 0.1) is 33.3 Å². The number of nitrogens with one attached hydrogen (secondary N) is 2. The van der Waals surface area contributed by atoms with Gasteiger partial charge < -0.3 is 19.9 Å². The number of rotatable bonds is 7. The number of benzene rings is 1. The molecule has 0 aliphatic carbocycles. The highest BCUT2D eigenvalue weighted by atomic mass is 16.5. The van der Waals surface area contributed by atoms with E-state index in [0.29, 0.717) is 6.54 Å². The van der Waals surface area contributed by atoms with Crippen molar-refractivity contribution in [2.75, 3.05) is 44.7 Å². The molecule has 0 bridgehead atoms. The third-order valence-corrected chi connectivity index (χ3v) is 4.99. The highest BCUT2D eigenvalue weighted by Crippen LogP contribution is 2.12. The molecule has 138 valence electrons. The van der Waals surface area contributed by atoms with Crippen LogP contribution in [0.3, 0.4) is 0 Å². The van der Waals surface area contributed by atoms with Crippen molar-refractivity contribution >= 4 is 17.6 Å². The van der Waals surface area contributed by atoms with Crippen molar-refractivity contribution in [3.8, 4) is 0 Å². The van der Waals surface area contributed by atoms with Crippen molar-refractivity contribution in [1.82, 2.24) is 5.32 Å². The van der Waals surface area contributed by atoms with Crippen molar-refractivity contribution in [1.29, 1.82) is 0 Å². The zero-order chi connectivity index (χ0) is 18.2. The van der Waals surface area contributed by atoms with E-state index in [0.717, 1.165) is 32.6 Å². The molecule has 0 spiro atoms. The van der Waals surface area contributed by atoms with Gasteiger partial charge in [0.2, 0.25) is 0 Å². The fraction of sp³-hybridized carbons (Fsp3) is 0.579. The van der Waals surface area contributed by atoms with Gasteiger partial charge in [-0.25, -0.2) is 4.79 Å². The van der Waals surface area contributed by atoms with Gasteiger partial charge in [-0.1, -0.05) is 38.5 Å². The van der Waals surface area contributed by atoms with Crippen molar-refractivity contribution in [2.45, 2.75) is 26.3 Å². The van der Waals surface area contributed by atoms with Crippen molar-refractivity contribution in [2.24, 2.45) is 5.92 Å². The SMILES string of the molecule is CC[C@H](C)[C@H](NC(=O)C[NH+]1CCN(c2ccccc2)CC1)C(=O)OC. The molecule has 2 atom stereocenters. The number of ether oxygens (including phenoxy) is 1. The van der Waals surface area contributed by atoms with E-state index in [-0.39, 0.29) is 17.8 Å². The summed E-state index contributed by atoms with van der Waals surface area (Å²) in [4.78, 5) is 27.8. The largest absolute Gasteiger partial charge is 0.467 e. The predicted octanol–water partition coefficient (Wildman–Crippen LogP) is 0.0954. The molecule has 2 N–H and O–H groups in total. The molecule has 0 saturated carbocycles. The standard InChI is InChI=1S/C19H29N3O3/c1-4-15(2)18(19(24)25-3)20-17(23)14-21-10-12-22(13-11-21)16-8-6-5-7-9-16/h5-9,15,18H,4,10-14H2,1-3H3,(H,20,23)/p+1/t15-,18-/m0/s1. The van der Waals surface area contributed by atoms with E-state index < -0.39 is 6.04 Å². The van der Waals surface area contributed by atoms with Crippen LogP contribution in [0.1, 0.15) is 20.3 Å². The Bertz CT molecular complexity index is 556. The maximum absolute atomic E-state index is 12.4. The number of esters is 1. The summed E-state index contributed by atoms with van der Waals surface area (Å²) >= 11 is 0. The zero-order valence-corrected chi connectivity index (χ0v) is 15.5. The summed E-state index contributed by atoms with van der Waals surface area (Å²) in [7, 11) is 1.36. The van der Waals surface area contributed by atoms with Crippen LogP contribution < -0.4 is 15.1 Å². The van der Waals surface area contributed by atoms with Gasteiger partial charge in [-0.3, -0.25) is 4.79 Å². The first-order valence-corrected chi connectivity index (χ1v) is 9.05. The van der Waals surface area contributed by atoms with E-state index in [1.165, 1.54) is 17.7 Å². The molecule has 1 aromatic rings. The Morgan fingerprint density at radius 1 is 1.24 bits per heavy atom. The van der Waals surface area contributed by atoms with Crippen molar-refractivity contribution in [3.63, 3.8) is 0 Å². The van der Waals surface area contributed by atoms with Crippen LogP contribution in [-0.2, 0) is 14.3 Å². The highest BCUT2D eigenvalue weighted by molar-refractivity contribution is 5.85. The second kappa shape index (κ2) is 9.42.